The average Bonchev–Trinajstić information content (AvgIpc) is 2.06. The molecule has 0 N–H and O–H groups in total. The lowest BCUT2D eigenvalue weighted by molar-refractivity contribution is 0.795. The summed E-state index contributed by atoms with van der Waals surface area (Å²) in [6.07, 6.45) is 0. The highest BCUT2D eigenvalue weighted by Gasteiger charge is 2.52. The summed E-state index contributed by atoms with van der Waals surface area (Å²) in [4.78, 5) is 0. The van der Waals surface area contributed by atoms with Crippen molar-refractivity contribution < 1.29 is 0 Å². The van der Waals surface area contributed by atoms with E-state index in [0.717, 1.165) is 0 Å². The Morgan fingerprint density at radius 2 is 0.346 bits per heavy atom. The first-order valence-corrected chi connectivity index (χ1v) is 28.4. The topological polar surface area (TPSA) is 0 Å². The van der Waals surface area contributed by atoms with E-state index in [9.17, 15) is 0 Å². The molecule has 0 amide bonds. The second-order valence-corrected chi connectivity index (χ2v) is 22.6. The van der Waals surface area contributed by atoms with Crippen molar-refractivity contribution in [1.82, 2.24) is 0 Å². The molecule has 1 spiro atoms. The fourth-order valence-electron chi connectivity index (χ4n) is 15.1. The van der Waals surface area contributed by atoms with Gasteiger partial charge in [0.15, 0.2) is 0 Å². The van der Waals surface area contributed by atoms with Crippen molar-refractivity contribution in [3.63, 3.8) is 0 Å². The minimum atomic E-state index is -0.730. The van der Waals surface area contributed by atoms with Crippen molar-refractivity contribution in [2.75, 3.05) is 0 Å². The zero-order chi connectivity index (χ0) is 52.9. The van der Waals surface area contributed by atoms with Crippen LogP contribution < -0.4 is 0 Å². The molecule has 0 heterocycles. The van der Waals surface area contributed by atoms with Crippen LogP contribution in [0.5, 0.6) is 0 Å². The van der Waals surface area contributed by atoms with Crippen molar-refractivity contribution in [2.24, 2.45) is 0 Å². The van der Waals surface area contributed by atoms with E-state index in [4.69, 9.17) is 0 Å². The predicted octanol–water partition coefficient (Wildman–Crippen LogP) is 21.9. The van der Waals surface area contributed by atoms with Crippen molar-refractivity contribution >= 4 is 86.2 Å². The third-order valence-corrected chi connectivity index (χ3v) is 18.6. The van der Waals surface area contributed by atoms with Gasteiger partial charge in [0, 0.05) is 0 Å². The van der Waals surface area contributed by atoms with Crippen LogP contribution in [-0.4, -0.2) is 0 Å². The zero-order valence-corrected chi connectivity index (χ0v) is 44.2. The molecule has 0 saturated heterocycles. The van der Waals surface area contributed by atoms with Gasteiger partial charge in [-0.05, 0) is 224 Å². The number of hydrogen-bond donors (Lipinski definition) is 0. The third-order valence-electron chi connectivity index (χ3n) is 18.6. The number of fused-ring (bicyclic) bond motifs is 22. The van der Waals surface area contributed by atoms with Gasteiger partial charge in [-0.2, -0.15) is 0 Å². The molecule has 372 valence electrons. The van der Waals surface area contributed by atoms with Gasteiger partial charge in [-0.15, -0.1) is 0 Å². The molecule has 2 aliphatic rings. The predicted molar refractivity (Wildman–Crippen MR) is 345 cm³/mol. The molecular formula is C81H48. The van der Waals surface area contributed by atoms with Gasteiger partial charge in [0.2, 0.25) is 0 Å². The van der Waals surface area contributed by atoms with Gasteiger partial charge in [-0.3, -0.25) is 0 Å². The molecule has 2 aliphatic carbocycles. The molecule has 0 heteroatoms. The highest BCUT2D eigenvalue weighted by molar-refractivity contribution is 6.18. The molecule has 0 nitrogen and oxygen atoms in total. The summed E-state index contributed by atoms with van der Waals surface area (Å²) in [6.45, 7) is 0. The standard InChI is InChI=1S/C81H48/c1-5-21-57-49(17-1)41-73(65-29-13-9-25-61(57)65)53-33-37-69-70-38-34-54(74-42-50-18-2-6-22-58(50)62-26-10-14-30-66(62)74)46-78(70)81(77(69)45-53)79-47-55(75-43-51-19-3-7-23-59(51)63-27-11-15-31-67(63)75)35-39-71(79)72-40-36-56(48-80(72)81)76-44-52-20-4-8-24-60(52)64-28-12-16-32-68(64)76/h1-48H. The zero-order valence-electron chi connectivity index (χ0n) is 44.2. The van der Waals surface area contributed by atoms with Gasteiger partial charge in [0.05, 0.1) is 5.41 Å². The summed E-state index contributed by atoms with van der Waals surface area (Å²) in [5.41, 5.74) is 19.5. The lowest BCUT2D eigenvalue weighted by Crippen LogP contribution is -2.26. The fraction of sp³-hybridized carbons (Fsp3) is 0.0123. The van der Waals surface area contributed by atoms with E-state index >= 15 is 0 Å². The molecule has 16 aromatic carbocycles. The summed E-state index contributed by atoms with van der Waals surface area (Å²) >= 11 is 0. The van der Waals surface area contributed by atoms with Crippen LogP contribution in [0.4, 0.5) is 0 Å². The van der Waals surface area contributed by atoms with Crippen LogP contribution in [0.25, 0.3) is 153 Å². The van der Waals surface area contributed by atoms with Crippen LogP contribution in [0.2, 0.25) is 0 Å². The summed E-state index contributed by atoms with van der Waals surface area (Å²) in [7, 11) is 0. The minimum Gasteiger partial charge on any atom is -0.0616 e. The quantitative estimate of drug-likeness (QED) is 0.154. The van der Waals surface area contributed by atoms with Gasteiger partial charge in [0.1, 0.15) is 0 Å². The molecule has 0 bridgehead atoms. The maximum Gasteiger partial charge on any atom is 0.0726 e. The monoisotopic (exact) mass is 1020 g/mol. The number of benzene rings is 16. The normalized spacial score (nSPS) is 13.0. The van der Waals surface area contributed by atoms with E-state index in [0.29, 0.717) is 0 Å². The first-order chi connectivity index (χ1) is 40.2. The first-order valence-electron chi connectivity index (χ1n) is 28.4. The Labute approximate surface area is 469 Å². The Hall–Kier alpha value is -10.4. The third kappa shape index (κ3) is 6.25. The molecule has 0 aromatic heterocycles. The molecule has 16 aromatic rings. The van der Waals surface area contributed by atoms with Crippen LogP contribution in [0, 0.1) is 0 Å². The smallest absolute Gasteiger partial charge is 0.0616 e. The van der Waals surface area contributed by atoms with Crippen molar-refractivity contribution in [1.29, 1.82) is 0 Å². The molecule has 0 radical (unpaired) electrons. The molecule has 0 unspecified atom stereocenters. The molecular weight excluding hydrogens is 973 g/mol. The highest BCUT2D eigenvalue weighted by atomic mass is 14.5. The van der Waals surface area contributed by atoms with Gasteiger partial charge in [-0.1, -0.05) is 243 Å². The Morgan fingerprint density at radius 1 is 0.148 bits per heavy atom. The van der Waals surface area contributed by atoms with E-state index in [1.54, 1.807) is 0 Å². The number of hydrogen-bond acceptors (Lipinski definition) is 0. The summed E-state index contributed by atoms with van der Waals surface area (Å²) in [6, 6.07) is 111. The molecule has 0 atom stereocenters. The maximum absolute atomic E-state index is 2.59. The molecule has 18 rings (SSSR count). The van der Waals surface area contributed by atoms with E-state index in [1.807, 2.05) is 0 Å². The minimum absolute atomic E-state index is 0.730. The van der Waals surface area contributed by atoms with Crippen LogP contribution in [0.3, 0.4) is 0 Å². The summed E-state index contributed by atoms with van der Waals surface area (Å²) in [5, 5.41) is 20.2. The van der Waals surface area contributed by atoms with Crippen LogP contribution >= 0.6 is 0 Å². The fourth-order valence-corrected chi connectivity index (χ4v) is 15.1. The van der Waals surface area contributed by atoms with Gasteiger partial charge in [0.25, 0.3) is 0 Å². The van der Waals surface area contributed by atoms with Gasteiger partial charge < -0.3 is 0 Å². The Balaban J connectivity index is 0.981. The Bertz CT molecular complexity index is 4740. The maximum atomic E-state index is 2.59. The van der Waals surface area contributed by atoms with Crippen LogP contribution in [0.1, 0.15) is 22.3 Å². The Kier molecular flexibility index (Phi) is 9.25. The molecule has 81 heavy (non-hydrogen) atoms. The van der Waals surface area contributed by atoms with E-state index < -0.39 is 5.41 Å². The molecule has 0 aliphatic heterocycles. The second kappa shape index (κ2) is 16.8. The molecule has 0 fully saturated rings. The van der Waals surface area contributed by atoms with Crippen LogP contribution in [0.15, 0.2) is 291 Å². The first kappa shape index (κ1) is 44.6. The van der Waals surface area contributed by atoms with Crippen molar-refractivity contribution in [3.8, 4) is 66.8 Å². The molecule has 0 saturated carbocycles. The van der Waals surface area contributed by atoms with Gasteiger partial charge >= 0.3 is 0 Å². The lowest BCUT2D eigenvalue weighted by atomic mass is 9.69. The summed E-state index contributed by atoms with van der Waals surface area (Å²) in [5.74, 6) is 0. The summed E-state index contributed by atoms with van der Waals surface area (Å²) < 4.78 is 0. The van der Waals surface area contributed by atoms with Crippen molar-refractivity contribution in [3.05, 3.63) is 313 Å². The van der Waals surface area contributed by atoms with Crippen LogP contribution in [-0.2, 0) is 5.41 Å². The highest BCUT2D eigenvalue weighted by Crippen LogP contribution is 2.65. The average molecular weight is 1020 g/mol. The Morgan fingerprint density at radius 3 is 0.580 bits per heavy atom. The number of rotatable bonds is 4. The largest absolute Gasteiger partial charge is 0.0726 e. The second-order valence-electron chi connectivity index (χ2n) is 22.6. The van der Waals surface area contributed by atoms with Gasteiger partial charge in [-0.25, -0.2) is 0 Å². The lowest BCUT2D eigenvalue weighted by Gasteiger charge is -2.32. The SMILES string of the molecule is c1ccc2c(c1)cc(-c1ccc3c(c1)C1(c4cc(-c5cc6ccccc6c6ccccc56)ccc4-3)c3cc(-c4cc5ccccc5c5ccccc45)ccc3-c3ccc(-c4cc5ccccc5c5ccccc45)cc31)c1ccccc12. The van der Waals surface area contributed by atoms with E-state index in [2.05, 4.69) is 291 Å². The van der Waals surface area contributed by atoms with E-state index in [1.165, 1.54) is 175 Å². The van der Waals surface area contributed by atoms with Crippen molar-refractivity contribution in [2.45, 2.75) is 5.41 Å². The van der Waals surface area contributed by atoms with E-state index in [-0.39, 0.29) is 0 Å².